The SMILES string of the molecule is C=C(F)C(=O)N1CCc2c(c(C(F)(F)F)nn(C)c2=O)C1. The van der Waals surface area contributed by atoms with Crippen LogP contribution in [-0.4, -0.2) is 27.1 Å². The molecule has 0 spiro atoms. The van der Waals surface area contributed by atoms with Gasteiger partial charge in [-0.25, -0.2) is 9.07 Å². The molecule has 2 rings (SSSR count). The molecule has 0 N–H and O–H groups in total. The van der Waals surface area contributed by atoms with Crippen LogP contribution in [0, 0.1) is 0 Å². The summed E-state index contributed by atoms with van der Waals surface area (Å²) in [6.45, 7) is 2.26. The molecule has 0 aliphatic carbocycles. The van der Waals surface area contributed by atoms with Gasteiger partial charge in [0, 0.05) is 31.3 Å². The Balaban J connectivity index is 2.56. The fourth-order valence-electron chi connectivity index (χ4n) is 2.24. The van der Waals surface area contributed by atoms with E-state index in [2.05, 4.69) is 11.7 Å². The molecule has 5 nitrogen and oxygen atoms in total. The number of amides is 1. The zero-order valence-electron chi connectivity index (χ0n) is 11.0. The first kappa shape index (κ1) is 15.2. The maximum atomic E-state index is 13.0. The molecule has 1 aromatic heterocycles. The number of aromatic nitrogens is 2. The summed E-state index contributed by atoms with van der Waals surface area (Å²) in [6, 6.07) is 0. The molecule has 0 aromatic carbocycles. The molecule has 0 saturated carbocycles. The Labute approximate surface area is 116 Å². The summed E-state index contributed by atoms with van der Waals surface area (Å²) in [5.41, 5.74) is -2.31. The summed E-state index contributed by atoms with van der Waals surface area (Å²) in [5.74, 6) is -2.35. The van der Waals surface area contributed by atoms with Gasteiger partial charge in [-0.3, -0.25) is 9.59 Å². The van der Waals surface area contributed by atoms with Gasteiger partial charge in [0.05, 0.1) is 0 Å². The first-order chi connectivity index (χ1) is 9.62. The monoisotopic (exact) mass is 305 g/mol. The Hall–Kier alpha value is -2.19. The van der Waals surface area contributed by atoms with Gasteiger partial charge in [0.15, 0.2) is 11.5 Å². The second kappa shape index (κ2) is 4.97. The van der Waals surface area contributed by atoms with E-state index in [1.54, 1.807) is 0 Å². The van der Waals surface area contributed by atoms with Crippen molar-refractivity contribution in [3.05, 3.63) is 39.6 Å². The normalized spacial score (nSPS) is 14.8. The second-order valence-electron chi connectivity index (χ2n) is 4.61. The Bertz CT molecular complexity index is 678. The number of carbonyl (C=O) groups is 1. The third kappa shape index (κ3) is 2.67. The number of fused-ring (bicyclic) bond motifs is 1. The highest BCUT2D eigenvalue weighted by Crippen LogP contribution is 2.33. The Morgan fingerprint density at radius 1 is 1.33 bits per heavy atom. The molecular formula is C12H11F4N3O2. The molecule has 1 aliphatic rings. The van der Waals surface area contributed by atoms with Crippen LogP contribution in [0.1, 0.15) is 16.8 Å². The summed E-state index contributed by atoms with van der Waals surface area (Å²) in [6.07, 6.45) is -4.86. The number of hydrogen-bond acceptors (Lipinski definition) is 3. The number of carbonyl (C=O) groups excluding carboxylic acids is 1. The zero-order chi connectivity index (χ0) is 15.9. The van der Waals surface area contributed by atoms with E-state index >= 15 is 0 Å². The Morgan fingerprint density at radius 2 is 1.95 bits per heavy atom. The maximum Gasteiger partial charge on any atom is 0.435 e. The predicted octanol–water partition coefficient (Wildman–Crippen LogP) is 1.17. The van der Waals surface area contributed by atoms with Crippen LogP contribution < -0.4 is 5.56 Å². The number of alkyl halides is 3. The molecule has 2 heterocycles. The van der Waals surface area contributed by atoms with E-state index in [4.69, 9.17) is 0 Å². The van der Waals surface area contributed by atoms with E-state index < -0.39 is 35.7 Å². The lowest BCUT2D eigenvalue weighted by molar-refractivity contribution is -0.144. The summed E-state index contributed by atoms with van der Waals surface area (Å²) in [7, 11) is 1.12. The minimum Gasteiger partial charge on any atom is -0.332 e. The van der Waals surface area contributed by atoms with Gasteiger partial charge >= 0.3 is 6.18 Å². The van der Waals surface area contributed by atoms with Crippen LogP contribution >= 0.6 is 0 Å². The van der Waals surface area contributed by atoms with Gasteiger partial charge < -0.3 is 4.90 Å². The highest BCUT2D eigenvalue weighted by Gasteiger charge is 2.40. The third-order valence-corrected chi connectivity index (χ3v) is 3.22. The van der Waals surface area contributed by atoms with Crippen LogP contribution in [0.5, 0.6) is 0 Å². The van der Waals surface area contributed by atoms with Crippen LogP contribution in [0.4, 0.5) is 17.6 Å². The van der Waals surface area contributed by atoms with Gasteiger partial charge in [-0.1, -0.05) is 6.58 Å². The van der Waals surface area contributed by atoms with Gasteiger partial charge in [-0.15, -0.1) is 0 Å². The summed E-state index contributed by atoms with van der Waals surface area (Å²) in [5, 5.41) is 3.22. The highest BCUT2D eigenvalue weighted by atomic mass is 19.4. The summed E-state index contributed by atoms with van der Waals surface area (Å²) >= 11 is 0. The van der Waals surface area contributed by atoms with Crippen LogP contribution in [-0.2, 0) is 31.0 Å². The van der Waals surface area contributed by atoms with Crippen molar-refractivity contribution in [1.82, 2.24) is 14.7 Å². The molecule has 9 heteroatoms. The van der Waals surface area contributed by atoms with Crippen molar-refractivity contribution in [2.24, 2.45) is 7.05 Å². The lowest BCUT2D eigenvalue weighted by Crippen LogP contribution is -2.42. The topological polar surface area (TPSA) is 55.2 Å². The van der Waals surface area contributed by atoms with E-state index in [0.717, 1.165) is 11.9 Å². The Kier molecular flexibility index (Phi) is 3.60. The minimum atomic E-state index is -4.77. The van der Waals surface area contributed by atoms with Crippen LogP contribution in [0.25, 0.3) is 0 Å². The van der Waals surface area contributed by atoms with E-state index in [1.165, 1.54) is 0 Å². The molecule has 1 aromatic rings. The quantitative estimate of drug-likeness (QED) is 0.578. The van der Waals surface area contributed by atoms with Crippen molar-refractivity contribution < 1.29 is 22.4 Å². The molecule has 0 bridgehead atoms. The predicted molar refractivity (Wildman–Crippen MR) is 63.8 cm³/mol. The van der Waals surface area contributed by atoms with Gasteiger partial charge in [0.1, 0.15) is 0 Å². The first-order valence-electron chi connectivity index (χ1n) is 5.93. The zero-order valence-corrected chi connectivity index (χ0v) is 11.0. The fourth-order valence-corrected chi connectivity index (χ4v) is 2.24. The lowest BCUT2D eigenvalue weighted by atomic mass is 9.99. The molecule has 1 amide bonds. The van der Waals surface area contributed by atoms with Crippen molar-refractivity contribution in [3.63, 3.8) is 0 Å². The average Bonchev–Trinajstić information content (AvgIpc) is 2.40. The molecule has 114 valence electrons. The molecule has 0 atom stereocenters. The average molecular weight is 305 g/mol. The third-order valence-electron chi connectivity index (χ3n) is 3.22. The standard InChI is InChI=1S/C12H11F4N3O2/c1-6(13)10(20)19-4-3-7-8(5-19)9(12(14,15)16)17-18(2)11(7)21/h1,3-5H2,2H3. The summed E-state index contributed by atoms with van der Waals surface area (Å²) in [4.78, 5) is 24.2. The fraction of sp³-hybridized carbons (Fsp3) is 0.417. The maximum absolute atomic E-state index is 13.0. The number of hydrogen-bond donors (Lipinski definition) is 0. The summed E-state index contributed by atoms with van der Waals surface area (Å²) < 4.78 is 52.5. The van der Waals surface area contributed by atoms with E-state index in [1.807, 2.05) is 0 Å². The highest BCUT2D eigenvalue weighted by molar-refractivity contribution is 5.90. The van der Waals surface area contributed by atoms with Crippen LogP contribution in [0.15, 0.2) is 17.2 Å². The van der Waals surface area contributed by atoms with Crippen molar-refractivity contribution in [2.75, 3.05) is 6.54 Å². The minimum absolute atomic E-state index is 0.0478. The molecule has 21 heavy (non-hydrogen) atoms. The molecular weight excluding hydrogens is 294 g/mol. The Morgan fingerprint density at radius 3 is 2.48 bits per heavy atom. The first-order valence-corrected chi connectivity index (χ1v) is 5.93. The van der Waals surface area contributed by atoms with Crippen molar-refractivity contribution >= 4 is 5.91 Å². The van der Waals surface area contributed by atoms with Crippen molar-refractivity contribution in [1.29, 1.82) is 0 Å². The number of rotatable bonds is 1. The van der Waals surface area contributed by atoms with Gasteiger partial charge in [0.2, 0.25) is 0 Å². The molecule has 1 aliphatic heterocycles. The van der Waals surface area contributed by atoms with Crippen molar-refractivity contribution in [3.8, 4) is 0 Å². The second-order valence-corrected chi connectivity index (χ2v) is 4.61. The van der Waals surface area contributed by atoms with Gasteiger partial charge in [-0.2, -0.15) is 18.3 Å². The van der Waals surface area contributed by atoms with Crippen LogP contribution in [0.3, 0.4) is 0 Å². The van der Waals surface area contributed by atoms with Crippen molar-refractivity contribution in [2.45, 2.75) is 19.1 Å². The van der Waals surface area contributed by atoms with E-state index in [0.29, 0.717) is 4.68 Å². The number of halogens is 4. The molecule has 0 saturated heterocycles. The van der Waals surface area contributed by atoms with E-state index in [-0.39, 0.29) is 24.1 Å². The molecule has 0 fully saturated rings. The van der Waals surface area contributed by atoms with Crippen LogP contribution in [0.2, 0.25) is 0 Å². The molecule has 0 radical (unpaired) electrons. The van der Waals surface area contributed by atoms with Gasteiger partial charge in [0.25, 0.3) is 11.5 Å². The number of nitrogens with zero attached hydrogens (tertiary/aromatic N) is 3. The lowest BCUT2D eigenvalue weighted by Gasteiger charge is -2.29. The van der Waals surface area contributed by atoms with E-state index in [9.17, 15) is 27.2 Å². The number of aryl methyl sites for hydroxylation is 1. The molecule has 0 unspecified atom stereocenters. The largest absolute Gasteiger partial charge is 0.435 e. The van der Waals surface area contributed by atoms with Gasteiger partial charge in [-0.05, 0) is 6.42 Å². The smallest absolute Gasteiger partial charge is 0.332 e.